The number of halogens is 3. The van der Waals surface area contributed by atoms with Gasteiger partial charge in [-0.05, 0) is 173 Å². The number of esters is 2. The molecule has 0 fully saturated rings. The first-order chi connectivity index (χ1) is 40.5. The summed E-state index contributed by atoms with van der Waals surface area (Å²) in [5.74, 6) is 2.44. The van der Waals surface area contributed by atoms with Crippen molar-refractivity contribution in [2.24, 2.45) is 14.1 Å². The molecule has 85 heavy (non-hydrogen) atoms. The van der Waals surface area contributed by atoms with Crippen LogP contribution in [0.25, 0.3) is 0 Å². The number of hydrogen-bond acceptors (Lipinski definition) is 10. The first-order valence-electron chi connectivity index (χ1n) is 29.5. The van der Waals surface area contributed by atoms with Crippen molar-refractivity contribution in [1.29, 1.82) is 0 Å². The molecule has 2 atom stereocenters. The number of benzene rings is 5. The number of aromatic hydroxyl groups is 1. The lowest BCUT2D eigenvalue weighted by molar-refractivity contribution is -0.144. The summed E-state index contributed by atoms with van der Waals surface area (Å²) in [5.41, 5.74) is 15.2. The van der Waals surface area contributed by atoms with Crippen LogP contribution in [0, 0.1) is 0 Å². The number of hydrogen-bond donors (Lipinski definition) is 2. The summed E-state index contributed by atoms with van der Waals surface area (Å²) < 4.78 is 29.3. The fraction of sp³-hybridized carbons (Fsp3) is 0.449. The molecule has 0 amide bonds. The average Bonchev–Trinajstić information content (AvgIpc) is 3.84. The van der Waals surface area contributed by atoms with Gasteiger partial charge < -0.3 is 33.6 Å². The Kier molecular flexibility index (Phi) is 25.8. The largest absolute Gasteiger partial charge is 0.508 e. The number of carbonyl (C=O) groups excluding carboxylic acids is 2. The minimum Gasteiger partial charge on any atom is -0.508 e. The predicted molar refractivity (Wildman–Crippen MR) is 344 cm³/mol. The number of nitrogens with zero attached hydrogens (tertiary/aromatic N) is 4. The van der Waals surface area contributed by atoms with E-state index in [0.717, 1.165) is 34.1 Å². The topological polar surface area (TPSA) is 155 Å². The number of alkyl halides is 1. The Labute approximate surface area is 521 Å². The second kappa shape index (κ2) is 32.1. The minimum absolute atomic E-state index is 0.156. The fourth-order valence-electron chi connectivity index (χ4n) is 11.8. The lowest BCUT2D eigenvalue weighted by Gasteiger charge is -2.33. The monoisotopic (exact) mass is 1240 g/mol. The van der Waals surface area contributed by atoms with E-state index in [0.29, 0.717) is 36.5 Å². The van der Waals surface area contributed by atoms with Crippen molar-refractivity contribution < 1.29 is 38.2 Å². The van der Waals surface area contributed by atoms with Crippen LogP contribution in [0.1, 0.15) is 191 Å². The highest BCUT2D eigenvalue weighted by atomic mass is 36.0. The molecule has 5 aromatic carbocycles. The smallest absolute Gasteiger partial charge is 0.306 e. The van der Waals surface area contributed by atoms with Gasteiger partial charge in [0.1, 0.15) is 29.8 Å². The Morgan fingerprint density at radius 3 is 1.35 bits per heavy atom. The number of rotatable bonds is 15. The molecule has 0 saturated carbocycles. The number of aliphatic hydroxyl groups is 1. The number of aryl methyl sites for hydroxylation is 5. The van der Waals surface area contributed by atoms with Gasteiger partial charge in [0.25, 0.3) is 0 Å². The molecular weight excluding hydrogens is 1150 g/mol. The van der Waals surface area contributed by atoms with Gasteiger partial charge >= 0.3 is 11.9 Å². The molecule has 2 heterocycles. The van der Waals surface area contributed by atoms with Crippen LogP contribution >= 0.6 is 33.0 Å². The lowest BCUT2D eigenvalue weighted by atomic mass is 9.72. The molecule has 0 unspecified atom stereocenters. The summed E-state index contributed by atoms with van der Waals surface area (Å²) in [6, 6.07) is 34.7. The first kappa shape index (κ1) is 68.2. The van der Waals surface area contributed by atoms with E-state index in [1.807, 2.05) is 72.9 Å². The molecule has 0 radical (unpaired) electrons. The molecule has 0 saturated heterocycles. The summed E-state index contributed by atoms with van der Waals surface area (Å²) in [4.78, 5) is 32.8. The first-order valence-corrected chi connectivity index (χ1v) is 32.9. The molecular formula is C69H87Cl3N4O8S. The Hall–Kier alpha value is -5.96. The maximum Gasteiger partial charge on any atom is 0.306 e. The Balaban J connectivity index is 0.000000190. The highest BCUT2D eigenvalue weighted by molar-refractivity contribution is 8.26. The van der Waals surface area contributed by atoms with Crippen LogP contribution < -0.4 is 4.74 Å². The minimum atomic E-state index is -1.67. The lowest BCUT2D eigenvalue weighted by Crippen LogP contribution is -2.24. The fourth-order valence-corrected chi connectivity index (χ4v) is 12.0. The molecule has 3 aliphatic carbocycles. The molecule has 3 aliphatic rings. The van der Waals surface area contributed by atoms with Crippen molar-refractivity contribution in [2.75, 3.05) is 13.2 Å². The molecule has 458 valence electrons. The molecule has 2 N–H and O–H groups in total. The quantitative estimate of drug-likeness (QED) is 0.0576. The predicted octanol–water partition coefficient (Wildman–Crippen LogP) is 15.8. The second-order valence-electron chi connectivity index (χ2n) is 24.0. The van der Waals surface area contributed by atoms with Crippen molar-refractivity contribution in [3.05, 3.63) is 201 Å². The van der Waals surface area contributed by atoms with E-state index in [-0.39, 0.29) is 54.4 Å². The van der Waals surface area contributed by atoms with E-state index >= 15 is 0 Å². The van der Waals surface area contributed by atoms with Gasteiger partial charge in [-0.3, -0.25) is 9.59 Å². The van der Waals surface area contributed by atoms with Gasteiger partial charge in [-0.25, -0.2) is 14.2 Å². The third-order valence-electron chi connectivity index (χ3n) is 16.5. The molecule has 0 bridgehead atoms. The van der Waals surface area contributed by atoms with Crippen molar-refractivity contribution in [3.8, 4) is 11.5 Å². The Bertz CT molecular complexity index is 3210. The van der Waals surface area contributed by atoms with Crippen LogP contribution in [-0.2, 0) is 97.0 Å². The molecule has 0 aliphatic heterocycles. The molecule has 10 rings (SSSR count). The number of carbonyl (C=O) groups is 2. The second-order valence-corrected chi connectivity index (χ2v) is 26.8. The van der Waals surface area contributed by atoms with Crippen molar-refractivity contribution in [1.82, 2.24) is 19.1 Å². The SMILES string of the molecule is CC1(C)CCCc2ccc(CCl)cc21.CC1(C)CCCc2ccc(CO)cc21.CCOC(=O)C[C@@H](c1ccc(O)cc1)c1nccn1C.CCOC(=O)C[C@@H](c1ccc(OCc2ccc3c(c2)C(C)(C)CCC3)cc1)c1nccn1C.O=S(Cl)Cl. The van der Waals surface area contributed by atoms with Crippen molar-refractivity contribution in [3.63, 3.8) is 0 Å². The summed E-state index contributed by atoms with van der Waals surface area (Å²) in [7, 11) is 11.2. The van der Waals surface area contributed by atoms with Gasteiger partial charge in [0.05, 0.1) is 44.5 Å². The van der Waals surface area contributed by atoms with Crippen LogP contribution in [0.4, 0.5) is 0 Å². The third kappa shape index (κ3) is 19.8. The number of imidazole rings is 2. The number of phenolic OH excluding ortho intramolecular Hbond substituents is 1. The van der Waals surface area contributed by atoms with Crippen LogP contribution in [-0.4, -0.2) is 58.7 Å². The summed E-state index contributed by atoms with van der Waals surface area (Å²) >= 11 is 5.86. The molecule has 7 aromatic rings. The van der Waals surface area contributed by atoms with E-state index in [1.165, 1.54) is 102 Å². The zero-order valence-corrected chi connectivity index (χ0v) is 54.4. The number of fused-ring (bicyclic) bond motifs is 3. The van der Waals surface area contributed by atoms with Crippen LogP contribution in [0.5, 0.6) is 11.5 Å². The van der Waals surface area contributed by atoms with E-state index in [1.54, 1.807) is 43.6 Å². The molecule has 12 nitrogen and oxygen atoms in total. The number of phenols is 1. The summed E-state index contributed by atoms with van der Waals surface area (Å²) in [6.07, 6.45) is 18.9. The average molecular weight is 1240 g/mol. The van der Waals surface area contributed by atoms with Gasteiger partial charge in [-0.1, -0.05) is 120 Å². The van der Waals surface area contributed by atoms with Gasteiger partial charge in [0.2, 0.25) is 9.23 Å². The zero-order chi connectivity index (χ0) is 61.9. The maximum absolute atomic E-state index is 12.2. The van der Waals surface area contributed by atoms with E-state index in [9.17, 15) is 14.7 Å². The maximum atomic E-state index is 12.2. The third-order valence-corrected chi connectivity index (χ3v) is 16.8. The van der Waals surface area contributed by atoms with Gasteiger partial charge in [0, 0.05) is 66.1 Å². The van der Waals surface area contributed by atoms with Crippen LogP contribution in [0.15, 0.2) is 128 Å². The van der Waals surface area contributed by atoms with Crippen molar-refractivity contribution in [2.45, 2.75) is 173 Å². The van der Waals surface area contributed by atoms with E-state index in [4.69, 9.17) is 35.1 Å². The summed E-state index contributed by atoms with van der Waals surface area (Å²) in [6.45, 7) is 19.0. The van der Waals surface area contributed by atoms with Crippen LogP contribution in [0.2, 0.25) is 0 Å². The molecule has 2 aromatic heterocycles. The Morgan fingerprint density at radius 2 is 0.976 bits per heavy atom. The number of aromatic nitrogens is 4. The molecule has 0 spiro atoms. The highest BCUT2D eigenvalue weighted by Crippen LogP contribution is 2.40. The van der Waals surface area contributed by atoms with Gasteiger partial charge in [-0.2, -0.15) is 0 Å². The van der Waals surface area contributed by atoms with E-state index in [2.05, 4.69) is 121 Å². The van der Waals surface area contributed by atoms with E-state index < -0.39 is 9.23 Å². The van der Waals surface area contributed by atoms with Gasteiger partial charge in [-0.15, -0.1) is 11.6 Å². The standard InChI is InChI=1S/C28H34N2O3.C15H18N2O3.C13H17Cl.C13H18O.Cl2OS/c1-5-32-26(31)18-24(27-29-15-16-30(27)4)21-10-12-23(13-11-21)33-19-20-8-9-22-7-6-14-28(2,3)25(22)17-20;1-3-20-14(19)10-13(15-16-8-9-17(15)2)11-4-6-12(18)7-5-11;2*1-13(2)7-3-4-11-6-5-10(9-14)8-12(11)13;1-4(2)3/h8-13,15-17,24H,5-7,14,18-19H2,1-4H3;4-9,13,18H,3,10H2,1-2H3;5-6,8H,3-4,7,9H2,1-2H3;5-6,8,14H,3-4,7,9H2,1-2H3;/t24-;13-;;;/m00.../s1. The molecule has 16 heteroatoms. The normalized spacial score (nSPS) is 15.6. The number of ether oxygens (including phenoxy) is 3. The summed E-state index contributed by atoms with van der Waals surface area (Å²) in [5, 5.41) is 18.5. The zero-order valence-electron chi connectivity index (χ0n) is 51.3. The van der Waals surface area contributed by atoms with Crippen LogP contribution in [0.3, 0.4) is 0 Å². The van der Waals surface area contributed by atoms with Crippen molar-refractivity contribution >= 4 is 54.1 Å². The highest BCUT2D eigenvalue weighted by Gasteiger charge is 2.30. The van der Waals surface area contributed by atoms with Gasteiger partial charge in [0.15, 0.2) is 0 Å². The Morgan fingerprint density at radius 1 is 0.600 bits per heavy atom. The number of aliphatic hydroxyl groups excluding tert-OH is 1.